The Morgan fingerprint density at radius 3 is 2.82 bits per heavy atom. The molecule has 2 aromatic heterocycles. The van der Waals surface area contributed by atoms with Gasteiger partial charge in [-0.15, -0.1) is 0 Å². The molecule has 0 unspecified atom stereocenters. The Morgan fingerprint density at radius 1 is 1.47 bits per heavy atom. The van der Waals surface area contributed by atoms with Crippen molar-refractivity contribution in [2.24, 2.45) is 12.8 Å². The van der Waals surface area contributed by atoms with Gasteiger partial charge in [-0.05, 0) is 19.1 Å². The summed E-state index contributed by atoms with van der Waals surface area (Å²) >= 11 is 1.51. The van der Waals surface area contributed by atoms with Crippen LogP contribution in [0.5, 0.6) is 0 Å². The van der Waals surface area contributed by atoms with Crippen molar-refractivity contribution in [3.8, 4) is 0 Å². The van der Waals surface area contributed by atoms with Crippen LogP contribution in [-0.2, 0) is 7.05 Å². The number of hydrogen-bond acceptors (Lipinski definition) is 4. The van der Waals surface area contributed by atoms with Gasteiger partial charge in [0.05, 0.1) is 11.1 Å². The van der Waals surface area contributed by atoms with Gasteiger partial charge >= 0.3 is 0 Å². The Labute approximate surface area is 104 Å². The molecule has 0 fully saturated rings. The predicted molar refractivity (Wildman–Crippen MR) is 67.3 cm³/mol. The lowest BCUT2D eigenvalue weighted by Gasteiger charge is -2.04. The highest BCUT2D eigenvalue weighted by molar-refractivity contribution is 7.99. The van der Waals surface area contributed by atoms with Crippen LogP contribution in [0.4, 0.5) is 0 Å². The van der Waals surface area contributed by atoms with Crippen molar-refractivity contribution in [1.82, 2.24) is 14.8 Å². The van der Waals surface area contributed by atoms with Gasteiger partial charge < -0.3 is 5.73 Å². The third-order valence-electron chi connectivity index (χ3n) is 2.14. The minimum Gasteiger partial charge on any atom is -0.384 e. The molecule has 88 valence electrons. The Bertz CT molecular complexity index is 561. The largest absolute Gasteiger partial charge is 0.384 e. The summed E-state index contributed by atoms with van der Waals surface area (Å²) in [6.07, 6.45) is 3.70. The number of nitrogens with zero attached hydrogens (tertiary/aromatic N) is 3. The van der Waals surface area contributed by atoms with Gasteiger partial charge in [0.1, 0.15) is 10.9 Å². The minimum atomic E-state index is 0.0588. The topological polar surface area (TPSA) is 80.6 Å². The second kappa shape index (κ2) is 4.58. The van der Waals surface area contributed by atoms with E-state index in [1.165, 1.54) is 11.8 Å². The van der Waals surface area contributed by atoms with Crippen molar-refractivity contribution >= 4 is 17.6 Å². The summed E-state index contributed by atoms with van der Waals surface area (Å²) in [5.41, 5.74) is 7.03. The summed E-state index contributed by atoms with van der Waals surface area (Å²) < 4.78 is 1.74. The standard InChI is InChI=1S/C11H13N5S/c1-7-3-8(11(12)13)4-10(15-7)17-9-5-14-16(2)6-9/h3-6H,1-2H3,(H3,12,13). The number of hydrogen-bond donors (Lipinski definition) is 2. The molecular formula is C11H13N5S. The van der Waals surface area contributed by atoms with Crippen LogP contribution in [0.1, 0.15) is 11.3 Å². The Morgan fingerprint density at radius 2 is 2.24 bits per heavy atom. The zero-order valence-corrected chi connectivity index (χ0v) is 10.5. The van der Waals surface area contributed by atoms with E-state index in [0.717, 1.165) is 15.6 Å². The first-order chi connectivity index (χ1) is 8.04. The average molecular weight is 247 g/mol. The van der Waals surface area contributed by atoms with Crippen LogP contribution in [0.15, 0.2) is 34.4 Å². The van der Waals surface area contributed by atoms with E-state index in [1.807, 2.05) is 26.2 Å². The van der Waals surface area contributed by atoms with Gasteiger partial charge in [0.15, 0.2) is 0 Å². The minimum absolute atomic E-state index is 0.0588. The summed E-state index contributed by atoms with van der Waals surface area (Å²) in [6.45, 7) is 1.89. The van der Waals surface area contributed by atoms with E-state index in [0.29, 0.717) is 5.56 Å². The van der Waals surface area contributed by atoms with Gasteiger partial charge in [0.25, 0.3) is 0 Å². The van der Waals surface area contributed by atoms with Crippen LogP contribution < -0.4 is 5.73 Å². The molecule has 3 N–H and O–H groups in total. The van der Waals surface area contributed by atoms with Crippen molar-refractivity contribution < 1.29 is 0 Å². The fraction of sp³-hybridized carbons (Fsp3) is 0.182. The SMILES string of the molecule is Cc1cc(C(=N)N)cc(Sc2cnn(C)c2)n1. The van der Waals surface area contributed by atoms with E-state index in [4.69, 9.17) is 11.1 Å². The number of amidine groups is 1. The van der Waals surface area contributed by atoms with Gasteiger partial charge in [0.2, 0.25) is 0 Å². The summed E-state index contributed by atoms with van der Waals surface area (Å²) in [5.74, 6) is 0.0588. The fourth-order valence-corrected chi connectivity index (χ4v) is 2.34. The number of nitrogens with two attached hydrogens (primary N) is 1. The summed E-state index contributed by atoms with van der Waals surface area (Å²) in [4.78, 5) is 5.41. The molecule has 0 amide bonds. The maximum absolute atomic E-state index is 7.44. The van der Waals surface area contributed by atoms with Crippen LogP contribution in [0.3, 0.4) is 0 Å². The first-order valence-electron chi connectivity index (χ1n) is 5.04. The second-order valence-corrected chi connectivity index (χ2v) is 4.79. The molecule has 0 radical (unpaired) electrons. The molecule has 2 heterocycles. The van der Waals surface area contributed by atoms with Crippen LogP contribution in [0, 0.1) is 12.3 Å². The van der Waals surface area contributed by atoms with E-state index < -0.39 is 0 Å². The second-order valence-electron chi connectivity index (χ2n) is 3.70. The quantitative estimate of drug-likeness (QED) is 0.637. The zero-order valence-electron chi connectivity index (χ0n) is 9.64. The third kappa shape index (κ3) is 2.85. The zero-order chi connectivity index (χ0) is 12.4. The number of rotatable bonds is 3. The molecule has 0 aromatic carbocycles. The normalized spacial score (nSPS) is 10.5. The smallest absolute Gasteiger partial charge is 0.122 e. The van der Waals surface area contributed by atoms with Crippen LogP contribution >= 0.6 is 11.8 Å². The summed E-state index contributed by atoms with van der Waals surface area (Å²) in [6, 6.07) is 3.61. The van der Waals surface area contributed by atoms with Crippen LogP contribution in [-0.4, -0.2) is 20.6 Å². The van der Waals surface area contributed by atoms with E-state index in [1.54, 1.807) is 16.9 Å². The first-order valence-corrected chi connectivity index (χ1v) is 5.86. The van der Waals surface area contributed by atoms with Crippen molar-refractivity contribution in [3.05, 3.63) is 35.8 Å². The lowest BCUT2D eigenvalue weighted by molar-refractivity contribution is 0.766. The molecule has 0 aliphatic rings. The molecule has 0 aliphatic heterocycles. The number of nitrogen functional groups attached to an aromatic ring is 1. The van der Waals surface area contributed by atoms with Gasteiger partial charge in [-0.2, -0.15) is 5.10 Å². The van der Waals surface area contributed by atoms with Gasteiger partial charge in [-0.1, -0.05) is 11.8 Å². The van der Waals surface area contributed by atoms with E-state index >= 15 is 0 Å². The van der Waals surface area contributed by atoms with Crippen LogP contribution in [0.25, 0.3) is 0 Å². The highest BCUT2D eigenvalue weighted by atomic mass is 32.2. The molecule has 0 bridgehead atoms. The monoisotopic (exact) mass is 247 g/mol. The molecule has 2 aromatic rings. The van der Waals surface area contributed by atoms with E-state index in [9.17, 15) is 0 Å². The number of nitrogens with one attached hydrogen (secondary N) is 1. The third-order valence-corrected chi connectivity index (χ3v) is 3.01. The van der Waals surface area contributed by atoms with Gasteiger partial charge in [0, 0.05) is 24.5 Å². The highest BCUT2D eigenvalue weighted by Gasteiger charge is 2.05. The van der Waals surface area contributed by atoms with Crippen molar-refractivity contribution in [1.29, 1.82) is 5.41 Å². The van der Waals surface area contributed by atoms with Crippen molar-refractivity contribution in [2.75, 3.05) is 0 Å². The first kappa shape index (κ1) is 11.7. The van der Waals surface area contributed by atoms with Crippen molar-refractivity contribution in [3.63, 3.8) is 0 Å². The van der Waals surface area contributed by atoms with Gasteiger partial charge in [-0.3, -0.25) is 10.1 Å². The van der Waals surface area contributed by atoms with E-state index in [2.05, 4.69) is 10.1 Å². The van der Waals surface area contributed by atoms with E-state index in [-0.39, 0.29) is 5.84 Å². The predicted octanol–water partition coefficient (Wildman–Crippen LogP) is 1.56. The maximum Gasteiger partial charge on any atom is 0.122 e. The Kier molecular flexibility index (Phi) is 3.14. The maximum atomic E-state index is 7.44. The summed E-state index contributed by atoms with van der Waals surface area (Å²) in [5, 5.41) is 12.4. The van der Waals surface area contributed by atoms with Crippen molar-refractivity contribution in [2.45, 2.75) is 16.8 Å². The summed E-state index contributed by atoms with van der Waals surface area (Å²) in [7, 11) is 1.87. The van der Waals surface area contributed by atoms with Crippen LogP contribution in [0.2, 0.25) is 0 Å². The molecule has 0 saturated heterocycles. The highest BCUT2D eigenvalue weighted by Crippen LogP contribution is 2.26. The molecule has 0 atom stereocenters. The molecule has 0 saturated carbocycles. The molecule has 6 heteroatoms. The Hall–Kier alpha value is -1.82. The van der Waals surface area contributed by atoms with Gasteiger partial charge in [-0.25, -0.2) is 4.98 Å². The lowest BCUT2D eigenvalue weighted by Crippen LogP contribution is -2.11. The average Bonchev–Trinajstić information content (AvgIpc) is 2.63. The molecular weight excluding hydrogens is 234 g/mol. The molecule has 0 aliphatic carbocycles. The molecule has 5 nitrogen and oxygen atoms in total. The fourth-order valence-electron chi connectivity index (χ4n) is 1.42. The number of pyridine rings is 1. The number of aryl methyl sites for hydroxylation is 2. The molecule has 17 heavy (non-hydrogen) atoms. The molecule has 0 spiro atoms. The lowest BCUT2D eigenvalue weighted by atomic mass is 10.2. The molecule has 2 rings (SSSR count). The Balaban J connectivity index is 2.29. The number of aromatic nitrogens is 3.